The fraction of sp³-hybridized carbons (Fsp3) is 0.182. The molecule has 3 aromatic heterocycles. The van der Waals surface area contributed by atoms with Gasteiger partial charge in [0.2, 0.25) is 0 Å². The van der Waals surface area contributed by atoms with Gasteiger partial charge in [-0.25, -0.2) is 4.98 Å². The molecule has 11 aromatic rings. The second kappa shape index (κ2) is 17.5. The number of anilines is 2. The van der Waals surface area contributed by atoms with Crippen LogP contribution in [-0.2, 0) is 37.3 Å². The van der Waals surface area contributed by atoms with Crippen LogP contribution >= 0.6 is 0 Å². The average molecular weight is 1130 g/mol. The van der Waals surface area contributed by atoms with Gasteiger partial charge < -0.3 is 18.8 Å². The Morgan fingerprint density at radius 1 is 0.514 bits per heavy atom. The molecule has 1 aliphatic heterocycles. The van der Waals surface area contributed by atoms with Crippen molar-refractivity contribution >= 4 is 76.5 Å². The van der Waals surface area contributed by atoms with Crippen molar-refractivity contribution in [1.29, 1.82) is 0 Å². The molecule has 0 aliphatic carbocycles. The van der Waals surface area contributed by atoms with Gasteiger partial charge in [-0.05, 0) is 124 Å². The Labute approximate surface area is 449 Å². The van der Waals surface area contributed by atoms with E-state index in [2.05, 4.69) is 120 Å². The SMILES string of the molecule is [2H]C([2H])([2H])C(c1cc(-c2cccc3c4ccccc4c4ccccc4c4cccc5c4n(c23)[CH-]N5c2[c-]c(Oc3[c-]c4c(cc3)c3ccccc3n4-c3cc(C(C)(C)C)ccn3)ccc2)cc(C(C)(C)C)c1)(C([2H])([2H])[2H])C([2H])([2H])[2H].[Pt]. The van der Waals surface area contributed by atoms with Crippen LogP contribution in [0.5, 0.6) is 11.5 Å². The second-order valence-corrected chi connectivity index (χ2v) is 20.7. The third-order valence-corrected chi connectivity index (χ3v) is 13.9. The molecule has 0 fully saturated rings. The minimum absolute atomic E-state index is 0. The summed E-state index contributed by atoms with van der Waals surface area (Å²) in [6, 6.07) is 63.0. The number of benzene rings is 8. The maximum absolute atomic E-state index is 8.79. The van der Waals surface area contributed by atoms with Gasteiger partial charge >= 0.3 is 0 Å². The Balaban J connectivity index is 0.00000690. The molecule has 0 atom stereocenters. The summed E-state index contributed by atoms with van der Waals surface area (Å²) in [6.07, 6.45) is 1.86. The van der Waals surface area contributed by atoms with Gasteiger partial charge in [0, 0.05) is 62.3 Å². The average Bonchev–Trinajstić information content (AvgIpc) is 4.19. The van der Waals surface area contributed by atoms with Crippen molar-refractivity contribution < 1.29 is 38.1 Å². The van der Waals surface area contributed by atoms with Gasteiger partial charge in [-0.3, -0.25) is 0 Å². The molecule has 0 bridgehead atoms. The zero-order chi connectivity index (χ0) is 56.5. The first-order valence-corrected chi connectivity index (χ1v) is 24.0. The second-order valence-electron chi connectivity index (χ2n) is 20.7. The van der Waals surface area contributed by atoms with E-state index in [0.29, 0.717) is 39.4 Å². The summed E-state index contributed by atoms with van der Waals surface area (Å²) in [4.78, 5) is 6.93. The van der Waals surface area contributed by atoms with Crippen LogP contribution in [0, 0.1) is 18.8 Å². The first-order chi connectivity index (χ1) is 37.8. The number of para-hydroxylation sites is 3. The first kappa shape index (κ1) is 37.4. The van der Waals surface area contributed by atoms with Crippen molar-refractivity contribution in [3.63, 3.8) is 0 Å². The normalized spacial score (nSPS) is 15.1. The Morgan fingerprint density at radius 2 is 1.10 bits per heavy atom. The molecule has 0 N–H and O–H groups in total. The Bertz CT molecular complexity index is 4350. The minimum Gasteiger partial charge on any atom is -0.509 e. The van der Waals surface area contributed by atoms with E-state index in [1.807, 2.05) is 119 Å². The van der Waals surface area contributed by atoms with E-state index in [0.717, 1.165) is 76.7 Å². The van der Waals surface area contributed by atoms with E-state index < -0.39 is 31.4 Å². The molecule has 12 rings (SSSR count). The van der Waals surface area contributed by atoms with Crippen molar-refractivity contribution in [2.75, 3.05) is 4.90 Å². The van der Waals surface area contributed by atoms with E-state index in [4.69, 9.17) is 22.1 Å². The number of fused-ring (bicyclic) bond motifs is 10. The Morgan fingerprint density at radius 3 is 1.78 bits per heavy atom. The number of hydrogen-bond acceptors (Lipinski definition) is 3. The molecule has 0 spiro atoms. The molecular formula is C66H57N4OPt-3. The molecule has 0 radical (unpaired) electrons. The van der Waals surface area contributed by atoms with Crippen LogP contribution < -0.4 is 9.64 Å². The monoisotopic (exact) mass is 1130 g/mol. The van der Waals surface area contributed by atoms with Crippen LogP contribution in [-0.4, -0.2) is 14.1 Å². The summed E-state index contributed by atoms with van der Waals surface area (Å²) in [5.74, 6) is 1.72. The summed E-state index contributed by atoms with van der Waals surface area (Å²) in [5, 5.41) is 7.74. The summed E-state index contributed by atoms with van der Waals surface area (Å²) in [6.45, 7) is 3.98. The molecule has 72 heavy (non-hydrogen) atoms. The fourth-order valence-corrected chi connectivity index (χ4v) is 10.3. The molecule has 0 unspecified atom stereocenters. The number of ether oxygens (including phenoxy) is 1. The van der Waals surface area contributed by atoms with E-state index >= 15 is 0 Å². The third-order valence-electron chi connectivity index (χ3n) is 13.9. The summed E-state index contributed by atoms with van der Waals surface area (Å²) < 4.78 is 90.1. The minimum atomic E-state index is -3.47. The Kier molecular flexibility index (Phi) is 9.08. The number of rotatable bonds is 5. The zero-order valence-corrected chi connectivity index (χ0v) is 43.1. The van der Waals surface area contributed by atoms with Gasteiger partial charge in [0.1, 0.15) is 5.82 Å². The van der Waals surface area contributed by atoms with Crippen molar-refractivity contribution in [1.82, 2.24) is 14.1 Å². The fourth-order valence-electron chi connectivity index (χ4n) is 10.3. The topological polar surface area (TPSA) is 35.2 Å². The van der Waals surface area contributed by atoms with Crippen molar-refractivity contribution in [2.24, 2.45) is 0 Å². The maximum atomic E-state index is 8.79. The van der Waals surface area contributed by atoms with Crippen LogP contribution in [0.1, 0.15) is 91.1 Å². The largest absolute Gasteiger partial charge is 0.509 e. The number of hydrogen-bond donors (Lipinski definition) is 0. The van der Waals surface area contributed by atoms with Crippen molar-refractivity contribution in [2.45, 2.75) is 78.3 Å². The molecule has 0 amide bonds. The molecule has 5 nitrogen and oxygen atoms in total. The summed E-state index contributed by atoms with van der Waals surface area (Å²) in [5.41, 5.74) is 3.35. The van der Waals surface area contributed by atoms with Crippen LogP contribution in [0.4, 0.5) is 11.4 Å². The van der Waals surface area contributed by atoms with Crippen LogP contribution in [0.25, 0.3) is 82.1 Å². The maximum Gasteiger partial charge on any atom is 0.135 e. The first-order valence-electron chi connectivity index (χ1n) is 28.5. The van der Waals surface area contributed by atoms with Crippen LogP contribution in [0.2, 0.25) is 0 Å². The molecule has 6 heteroatoms. The molecule has 0 saturated heterocycles. The van der Waals surface area contributed by atoms with Gasteiger partial charge in [0.15, 0.2) is 0 Å². The Hall–Kier alpha value is -7.33. The van der Waals surface area contributed by atoms with Gasteiger partial charge in [0.05, 0.1) is 0 Å². The molecule has 0 saturated carbocycles. The van der Waals surface area contributed by atoms with Gasteiger partial charge in [0.25, 0.3) is 0 Å². The van der Waals surface area contributed by atoms with Gasteiger partial charge in [-0.15, -0.1) is 35.7 Å². The van der Waals surface area contributed by atoms with E-state index in [1.54, 1.807) is 0 Å². The van der Waals surface area contributed by atoms with Crippen LogP contribution in [0.15, 0.2) is 176 Å². The zero-order valence-electron chi connectivity index (χ0n) is 49.8. The standard InChI is InChI=1S/C66H57N4O.Pt/c1-64(2,3)43-33-34-67-61(38-43)70-58-29-15-14-25-54(58)55-32-31-48(40-60(55)70)71-47-20-16-19-46(39-47)68-41-69-62-49(42-35-44(65(4,5)6)37-45(36-42)66(7,8)9)26-17-27-56(62)52-23-12-10-21-50(52)51-22-11-13-24-53(51)57-28-18-30-59(68)63(57)69;/h10-38,41H,1-9H3;/q-3;/i4D3,5D3,6D3;. The number of pyridine rings is 1. The molecular weight excluding hydrogens is 1060 g/mol. The van der Waals surface area contributed by atoms with Crippen molar-refractivity contribution in [3.8, 4) is 28.4 Å². The quantitative estimate of drug-likeness (QED) is 0.161. The number of aromatic nitrogens is 3. The summed E-state index contributed by atoms with van der Waals surface area (Å²) in [7, 11) is 0. The molecule has 4 heterocycles. The molecule has 8 aromatic carbocycles. The summed E-state index contributed by atoms with van der Waals surface area (Å²) >= 11 is 0. The molecule has 1 aliphatic rings. The van der Waals surface area contributed by atoms with Crippen LogP contribution in [0.3, 0.4) is 0 Å². The van der Waals surface area contributed by atoms with Gasteiger partial charge in [-0.1, -0.05) is 189 Å². The molecule has 360 valence electrons. The van der Waals surface area contributed by atoms with Crippen molar-refractivity contribution in [3.05, 3.63) is 212 Å². The van der Waals surface area contributed by atoms with E-state index in [9.17, 15) is 0 Å². The van der Waals surface area contributed by atoms with Gasteiger partial charge in [-0.2, -0.15) is 12.1 Å². The predicted octanol–water partition coefficient (Wildman–Crippen LogP) is 17.8. The third kappa shape index (κ3) is 7.99. The number of nitrogens with zero attached hydrogens (tertiary/aromatic N) is 4. The van der Waals surface area contributed by atoms with E-state index in [-0.39, 0.29) is 32.0 Å². The predicted molar refractivity (Wildman–Crippen MR) is 298 cm³/mol. The van der Waals surface area contributed by atoms with E-state index in [1.165, 1.54) is 12.1 Å². The smallest absolute Gasteiger partial charge is 0.135 e.